The minimum Gasteiger partial charge on any atom is -0.351 e. The molecule has 1 amide bonds. The Hall–Kier alpha value is -3.38. The maximum atomic E-state index is 13.9. The molecule has 1 aliphatic rings. The third kappa shape index (κ3) is 8.80. The first-order valence-corrected chi connectivity index (χ1v) is 14.8. The summed E-state index contributed by atoms with van der Waals surface area (Å²) in [5, 5.41) is 14.2. The van der Waals surface area contributed by atoms with Crippen molar-refractivity contribution in [1.82, 2.24) is 15.1 Å². The summed E-state index contributed by atoms with van der Waals surface area (Å²) >= 11 is 4.69. The molecule has 1 saturated heterocycles. The zero-order chi connectivity index (χ0) is 29.4. The Kier molecular flexibility index (Phi) is 10.8. The van der Waals surface area contributed by atoms with E-state index in [2.05, 4.69) is 38.1 Å². The zero-order valence-corrected chi connectivity index (χ0v) is 24.9. The second-order valence-electron chi connectivity index (χ2n) is 9.70. The number of allylic oxidation sites excluding steroid dienone is 1. The summed E-state index contributed by atoms with van der Waals surface area (Å²) in [7, 11) is 2.10. The molecule has 214 valence electrons. The molecule has 0 unspecified atom stereocenters. The Morgan fingerprint density at radius 2 is 1.68 bits per heavy atom. The van der Waals surface area contributed by atoms with Crippen LogP contribution in [0.3, 0.4) is 0 Å². The number of halogens is 2. The number of amides is 1. The molecule has 0 saturated carbocycles. The van der Waals surface area contributed by atoms with Gasteiger partial charge in [-0.3, -0.25) is 24.6 Å². The van der Waals surface area contributed by atoms with Crippen molar-refractivity contribution in [3.05, 3.63) is 114 Å². The number of ketones is 1. The maximum absolute atomic E-state index is 13.9. The second-order valence-corrected chi connectivity index (χ2v) is 11.6. The number of hydrogen-bond donors (Lipinski definition) is 1. The molecule has 0 bridgehead atoms. The molecule has 3 aromatic carbocycles. The van der Waals surface area contributed by atoms with E-state index < -0.39 is 16.4 Å². The topological polar surface area (TPSA) is 95.8 Å². The number of nitrogens with one attached hydrogen (secondary N) is 1. The summed E-state index contributed by atoms with van der Waals surface area (Å²) in [6, 6.07) is 17.6. The van der Waals surface area contributed by atoms with Crippen molar-refractivity contribution in [1.29, 1.82) is 0 Å². The zero-order valence-electron chi connectivity index (χ0n) is 22.5. The molecule has 0 atom stereocenters. The fraction of sp³-hybridized carbons (Fsp3) is 0.267. The summed E-state index contributed by atoms with van der Waals surface area (Å²) in [6.07, 6.45) is 1.53. The van der Waals surface area contributed by atoms with Gasteiger partial charge in [0.05, 0.1) is 9.83 Å². The summed E-state index contributed by atoms with van der Waals surface area (Å²) in [4.78, 5) is 41.6. The number of Topliss-reactive ketones (excluding diaryl/α,β-unsaturated/α-hetero) is 1. The summed E-state index contributed by atoms with van der Waals surface area (Å²) < 4.78 is 14.8. The number of nitro benzene ring substituents is 1. The average Bonchev–Trinajstić information content (AvgIpc) is 2.97. The van der Waals surface area contributed by atoms with E-state index in [4.69, 9.17) is 0 Å². The van der Waals surface area contributed by atoms with Gasteiger partial charge in [-0.25, -0.2) is 0 Å². The molecule has 0 aromatic heterocycles. The highest BCUT2D eigenvalue weighted by Crippen LogP contribution is 2.29. The molecular weight excluding hydrogens is 611 g/mol. The lowest BCUT2D eigenvalue weighted by molar-refractivity contribution is -0.387. The minimum atomic E-state index is -0.944. The van der Waals surface area contributed by atoms with Crippen LogP contribution in [-0.2, 0) is 5.75 Å². The summed E-state index contributed by atoms with van der Waals surface area (Å²) in [5.41, 5.74) is 1.46. The van der Waals surface area contributed by atoms with Gasteiger partial charge in [0.25, 0.3) is 5.91 Å². The van der Waals surface area contributed by atoms with Gasteiger partial charge in [0.15, 0.2) is 5.78 Å². The molecule has 1 fully saturated rings. The van der Waals surface area contributed by atoms with Crippen LogP contribution in [0.5, 0.6) is 0 Å². The summed E-state index contributed by atoms with van der Waals surface area (Å²) in [6.45, 7) is 5.29. The number of nitro groups is 1. The maximum Gasteiger partial charge on any atom is 0.305 e. The Bertz CT molecular complexity index is 1430. The van der Waals surface area contributed by atoms with E-state index in [9.17, 15) is 24.1 Å². The fourth-order valence-electron chi connectivity index (χ4n) is 4.24. The van der Waals surface area contributed by atoms with E-state index in [1.54, 1.807) is 24.3 Å². The van der Waals surface area contributed by atoms with E-state index in [1.807, 2.05) is 24.3 Å². The third-order valence-electron chi connectivity index (χ3n) is 6.71. The highest BCUT2D eigenvalue weighted by molar-refractivity contribution is 9.10. The average molecular weight is 642 g/mol. The molecule has 0 radical (unpaired) electrons. The number of likely N-dealkylation sites (N-methyl/N-ethyl adjacent to an activating group) is 1. The van der Waals surface area contributed by atoms with Gasteiger partial charge in [-0.2, -0.15) is 4.39 Å². The predicted molar refractivity (Wildman–Crippen MR) is 164 cm³/mol. The van der Waals surface area contributed by atoms with Gasteiger partial charge in [-0.15, -0.1) is 11.8 Å². The number of thioether (sulfide) groups is 1. The Balaban J connectivity index is 1.47. The Morgan fingerprint density at radius 1 is 1.02 bits per heavy atom. The van der Waals surface area contributed by atoms with Gasteiger partial charge in [-0.1, -0.05) is 46.3 Å². The van der Waals surface area contributed by atoms with Crippen molar-refractivity contribution in [2.75, 3.05) is 46.3 Å². The molecule has 3 aromatic rings. The smallest absolute Gasteiger partial charge is 0.305 e. The van der Waals surface area contributed by atoms with Gasteiger partial charge in [-0.05, 0) is 54.6 Å². The SMILES string of the molecule is CN1CCN(CCNC(=O)c2ccc(C(=O)/C(=C\c3ccc(F)c([N+](=O)[O-])c3)SCc3ccc(Br)cc3)cc2)CC1. The van der Waals surface area contributed by atoms with E-state index in [1.165, 1.54) is 23.9 Å². The van der Waals surface area contributed by atoms with E-state index in [0.717, 1.165) is 54.9 Å². The third-order valence-corrected chi connectivity index (χ3v) is 8.34. The second kappa shape index (κ2) is 14.5. The molecule has 41 heavy (non-hydrogen) atoms. The molecule has 11 heteroatoms. The fourth-order valence-corrected chi connectivity index (χ4v) is 5.49. The molecule has 0 spiro atoms. The lowest BCUT2D eigenvalue weighted by Gasteiger charge is -2.32. The van der Waals surface area contributed by atoms with Crippen molar-refractivity contribution in [3.63, 3.8) is 0 Å². The normalized spacial score (nSPS) is 14.6. The van der Waals surface area contributed by atoms with Gasteiger partial charge < -0.3 is 10.2 Å². The molecule has 4 rings (SSSR count). The van der Waals surface area contributed by atoms with Crippen molar-refractivity contribution in [3.8, 4) is 0 Å². The number of benzene rings is 3. The number of carbonyl (C=O) groups is 2. The molecule has 8 nitrogen and oxygen atoms in total. The Morgan fingerprint density at radius 3 is 2.34 bits per heavy atom. The Labute approximate surface area is 250 Å². The first-order valence-electron chi connectivity index (χ1n) is 13.1. The monoisotopic (exact) mass is 640 g/mol. The lowest BCUT2D eigenvalue weighted by atomic mass is 10.1. The number of rotatable bonds is 11. The predicted octanol–water partition coefficient (Wildman–Crippen LogP) is 5.63. The summed E-state index contributed by atoms with van der Waals surface area (Å²) in [5.74, 6) is -0.986. The minimum absolute atomic E-state index is 0.211. The molecule has 0 aliphatic carbocycles. The van der Waals surface area contributed by atoms with Crippen molar-refractivity contribution in [2.24, 2.45) is 0 Å². The number of nitrogens with zero attached hydrogens (tertiary/aromatic N) is 3. The van der Waals surface area contributed by atoms with Gasteiger partial charge in [0, 0.05) is 66.7 Å². The van der Waals surface area contributed by atoms with E-state index in [0.29, 0.717) is 33.9 Å². The van der Waals surface area contributed by atoms with Crippen LogP contribution < -0.4 is 5.32 Å². The first kappa shape index (κ1) is 30.6. The van der Waals surface area contributed by atoms with Crippen LogP contribution in [-0.4, -0.2) is 72.7 Å². The highest BCUT2D eigenvalue weighted by atomic mass is 79.9. The number of piperazine rings is 1. The van der Waals surface area contributed by atoms with Crippen molar-refractivity contribution in [2.45, 2.75) is 5.75 Å². The van der Waals surface area contributed by atoms with E-state index >= 15 is 0 Å². The highest BCUT2D eigenvalue weighted by Gasteiger charge is 2.18. The van der Waals surface area contributed by atoms with Crippen LogP contribution in [0.15, 0.2) is 76.1 Å². The van der Waals surface area contributed by atoms with Crippen molar-refractivity contribution < 1.29 is 18.9 Å². The van der Waals surface area contributed by atoms with E-state index in [-0.39, 0.29) is 11.7 Å². The van der Waals surface area contributed by atoms with Crippen LogP contribution in [0.25, 0.3) is 6.08 Å². The van der Waals surface area contributed by atoms with Gasteiger partial charge in [0.1, 0.15) is 0 Å². The number of carbonyl (C=O) groups excluding carboxylic acids is 2. The van der Waals surface area contributed by atoms with Crippen LogP contribution in [0.1, 0.15) is 31.8 Å². The largest absolute Gasteiger partial charge is 0.351 e. The van der Waals surface area contributed by atoms with Gasteiger partial charge in [0.2, 0.25) is 5.82 Å². The molecule has 1 N–H and O–H groups in total. The van der Waals surface area contributed by atoms with Crippen molar-refractivity contribution >= 4 is 51.1 Å². The quantitative estimate of drug-likeness (QED) is 0.126. The van der Waals surface area contributed by atoms with Crippen LogP contribution in [0.2, 0.25) is 0 Å². The lowest BCUT2D eigenvalue weighted by Crippen LogP contribution is -2.46. The molecule has 1 heterocycles. The van der Waals surface area contributed by atoms with Gasteiger partial charge >= 0.3 is 5.69 Å². The van der Waals surface area contributed by atoms with Crippen LogP contribution in [0.4, 0.5) is 10.1 Å². The number of hydrogen-bond acceptors (Lipinski definition) is 7. The molecular formula is C30H30BrFN4O4S. The standard InChI is InChI=1S/C30H30BrFN4O4S/c1-34-14-16-35(17-15-34)13-12-33-30(38)24-7-5-23(6-8-24)29(37)28(41-20-21-2-9-25(31)10-3-21)19-22-4-11-26(32)27(18-22)36(39)40/h2-11,18-19H,12-17,20H2,1H3,(H,33,38)/b28-19+. The van der Waals surface area contributed by atoms with Crippen LogP contribution in [0, 0.1) is 15.9 Å². The van der Waals surface area contributed by atoms with Crippen LogP contribution >= 0.6 is 27.7 Å². The molecule has 1 aliphatic heterocycles. The first-order chi connectivity index (χ1) is 19.7.